The van der Waals surface area contributed by atoms with E-state index >= 15 is 0 Å². The monoisotopic (exact) mass is 208 g/mol. The van der Waals surface area contributed by atoms with E-state index in [0.717, 1.165) is 16.3 Å². The number of hydrogen-bond acceptors (Lipinski definition) is 3. The molecule has 2 aromatic heterocycles. The van der Waals surface area contributed by atoms with Crippen LogP contribution in [0.5, 0.6) is 0 Å². The standard InChI is InChI=1S/C10H9FN2S/c1-2-7-5-13-10(14-7)8-3-4-12-6-9(8)11/h3-6H,2H2,1H3. The molecule has 0 amide bonds. The first-order chi connectivity index (χ1) is 6.81. The van der Waals surface area contributed by atoms with Gasteiger partial charge in [-0.2, -0.15) is 0 Å². The number of thiazole rings is 1. The van der Waals surface area contributed by atoms with E-state index in [9.17, 15) is 4.39 Å². The first-order valence-corrected chi connectivity index (χ1v) is 5.17. The minimum Gasteiger partial charge on any atom is -0.262 e. The molecule has 0 radical (unpaired) electrons. The van der Waals surface area contributed by atoms with Gasteiger partial charge in [-0.05, 0) is 12.5 Å². The van der Waals surface area contributed by atoms with Crippen molar-refractivity contribution in [3.63, 3.8) is 0 Å². The second-order valence-electron chi connectivity index (χ2n) is 2.84. The summed E-state index contributed by atoms with van der Waals surface area (Å²) in [5.41, 5.74) is 0.532. The van der Waals surface area contributed by atoms with Gasteiger partial charge in [0.05, 0.1) is 6.20 Å². The molecule has 0 N–H and O–H groups in total. The maximum Gasteiger partial charge on any atom is 0.151 e. The van der Waals surface area contributed by atoms with Crippen molar-refractivity contribution in [2.24, 2.45) is 0 Å². The average Bonchev–Trinajstić information content (AvgIpc) is 2.67. The first-order valence-electron chi connectivity index (χ1n) is 4.36. The van der Waals surface area contributed by atoms with Gasteiger partial charge < -0.3 is 0 Å². The minimum absolute atomic E-state index is 0.315. The predicted octanol–water partition coefficient (Wildman–Crippen LogP) is 2.91. The number of hydrogen-bond donors (Lipinski definition) is 0. The van der Waals surface area contributed by atoms with Crippen molar-refractivity contribution in [2.45, 2.75) is 13.3 Å². The smallest absolute Gasteiger partial charge is 0.151 e. The predicted molar refractivity (Wildman–Crippen MR) is 54.7 cm³/mol. The molecule has 0 aliphatic carbocycles. The van der Waals surface area contributed by atoms with Gasteiger partial charge >= 0.3 is 0 Å². The lowest BCUT2D eigenvalue weighted by molar-refractivity contribution is 0.625. The molecule has 0 bridgehead atoms. The van der Waals surface area contributed by atoms with Gasteiger partial charge in [-0.1, -0.05) is 6.92 Å². The Bertz CT molecular complexity index is 439. The molecule has 0 saturated carbocycles. The Hall–Kier alpha value is -1.29. The molecule has 2 nitrogen and oxygen atoms in total. The summed E-state index contributed by atoms with van der Waals surface area (Å²) >= 11 is 1.52. The quantitative estimate of drug-likeness (QED) is 0.758. The number of aromatic nitrogens is 2. The maximum absolute atomic E-state index is 13.3. The van der Waals surface area contributed by atoms with Crippen LogP contribution in [0.25, 0.3) is 10.6 Å². The van der Waals surface area contributed by atoms with Crippen LogP contribution in [0.3, 0.4) is 0 Å². The van der Waals surface area contributed by atoms with E-state index < -0.39 is 0 Å². The zero-order chi connectivity index (χ0) is 9.97. The fraction of sp³-hybridized carbons (Fsp3) is 0.200. The van der Waals surface area contributed by atoms with Crippen molar-refractivity contribution in [1.82, 2.24) is 9.97 Å². The summed E-state index contributed by atoms with van der Waals surface area (Å²) in [6.45, 7) is 2.06. The molecule has 0 spiro atoms. The molecule has 0 aliphatic heterocycles. The van der Waals surface area contributed by atoms with E-state index in [1.807, 2.05) is 0 Å². The van der Waals surface area contributed by atoms with Gasteiger partial charge in [-0.3, -0.25) is 4.98 Å². The Morgan fingerprint density at radius 3 is 2.93 bits per heavy atom. The van der Waals surface area contributed by atoms with E-state index in [4.69, 9.17) is 0 Å². The van der Waals surface area contributed by atoms with Crippen molar-refractivity contribution in [3.8, 4) is 10.6 Å². The number of aryl methyl sites for hydroxylation is 1. The van der Waals surface area contributed by atoms with Gasteiger partial charge in [0.1, 0.15) is 5.01 Å². The molecule has 4 heteroatoms. The summed E-state index contributed by atoms with van der Waals surface area (Å²) in [4.78, 5) is 9.03. The van der Waals surface area contributed by atoms with Gasteiger partial charge in [0.25, 0.3) is 0 Å². The zero-order valence-corrected chi connectivity index (χ0v) is 8.51. The van der Waals surface area contributed by atoms with Crippen molar-refractivity contribution in [3.05, 3.63) is 35.4 Å². The van der Waals surface area contributed by atoms with Crippen LogP contribution in [-0.4, -0.2) is 9.97 Å². The molecular weight excluding hydrogens is 199 g/mol. The molecule has 0 saturated heterocycles. The summed E-state index contributed by atoms with van der Waals surface area (Å²) in [6.07, 6.45) is 5.51. The molecule has 72 valence electrons. The lowest BCUT2D eigenvalue weighted by atomic mass is 10.3. The zero-order valence-electron chi connectivity index (χ0n) is 7.70. The van der Waals surface area contributed by atoms with Gasteiger partial charge in [-0.25, -0.2) is 9.37 Å². The Labute approximate surface area is 85.5 Å². The highest BCUT2D eigenvalue weighted by Crippen LogP contribution is 2.26. The number of halogens is 1. The van der Waals surface area contributed by atoms with Crippen molar-refractivity contribution < 1.29 is 4.39 Å². The third-order valence-corrected chi connectivity index (χ3v) is 3.08. The highest BCUT2D eigenvalue weighted by Gasteiger charge is 2.08. The molecule has 2 aromatic rings. The van der Waals surface area contributed by atoms with Gasteiger partial charge in [-0.15, -0.1) is 11.3 Å². The van der Waals surface area contributed by atoms with E-state index in [1.165, 1.54) is 17.5 Å². The molecule has 2 heterocycles. The van der Waals surface area contributed by atoms with Gasteiger partial charge in [0.15, 0.2) is 5.82 Å². The Balaban J connectivity index is 2.44. The van der Waals surface area contributed by atoms with Crippen molar-refractivity contribution in [1.29, 1.82) is 0 Å². The second-order valence-corrected chi connectivity index (χ2v) is 3.96. The molecule has 0 unspecified atom stereocenters. The topological polar surface area (TPSA) is 25.8 Å². The minimum atomic E-state index is -0.315. The van der Waals surface area contributed by atoms with Crippen LogP contribution in [0.15, 0.2) is 24.7 Å². The third-order valence-electron chi connectivity index (χ3n) is 1.90. The highest BCUT2D eigenvalue weighted by atomic mass is 32.1. The number of rotatable bonds is 2. The highest BCUT2D eigenvalue weighted by molar-refractivity contribution is 7.15. The maximum atomic E-state index is 13.3. The van der Waals surface area contributed by atoms with Crippen LogP contribution in [0.1, 0.15) is 11.8 Å². The van der Waals surface area contributed by atoms with E-state index in [2.05, 4.69) is 16.9 Å². The SMILES string of the molecule is CCc1cnc(-c2ccncc2F)s1. The van der Waals surface area contributed by atoms with Crippen LogP contribution >= 0.6 is 11.3 Å². The van der Waals surface area contributed by atoms with Gasteiger partial charge in [0.2, 0.25) is 0 Å². The average molecular weight is 208 g/mol. The first kappa shape index (κ1) is 9.27. The Morgan fingerprint density at radius 2 is 2.29 bits per heavy atom. The summed E-state index contributed by atoms with van der Waals surface area (Å²) < 4.78 is 13.3. The molecule has 0 aliphatic rings. The van der Waals surface area contributed by atoms with Crippen LogP contribution < -0.4 is 0 Å². The summed E-state index contributed by atoms with van der Waals surface area (Å²) in [6, 6.07) is 1.65. The van der Waals surface area contributed by atoms with Crippen molar-refractivity contribution in [2.75, 3.05) is 0 Å². The van der Waals surface area contributed by atoms with Gasteiger partial charge in [0, 0.05) is 22.8 Å². The Morgan fingerprint density at radius 1 is 1.43 bits per heavy atom. The van der Waals surface area contributed by atoms with E-state index in [0.29, 0.717) is 5.56 Å². The largest absolute Gasteiger partial charge is 0.262 e. The van der Waals surface area contributed by atoms with Crippen molar-refractivity contribution >= 4 is 11.3 Å². The molecule has 14 heavy (non-hydrogen) atoms. The fourth-order valence-electron chi connectivity index (χ4n) is 1.14. The summed E-state index contributed by atoms with van der Waals surface area (Å²) in [5, 5.41) is 0.724. The molecule has 0 fully saturated rings. The van der Waals surface area contributed by atoms with E-state index in [-0.39, 0.29) is 5.82 Å². The molecule has 2 rings (SSSR count). The fourth-order valence-corrected chi connectivity index (χ4v) is 2.02. The third kappa shape index (κ3) is 1.65. The second kappa shape index (κ2) is 3.84. The normalized spacial score (nSPS) is 10.4. The summed E-state index contributed by atoms with van der Waals surface area (Å²) in [7, 11) is 0. The number of pyridine rings is 1. The van der Waals surface area contributed by atoms with E-state index in [1.54, 1.807) is 18.5 Å². The van der Waals surface area contributed by atoms with Crippen LogP contribution in [0, 0.1) is 5.82 Å². The van der Waals surface area contributed by atoms with Crippen LogP contribution in [0.2, 0.25) is 0 Å². The summed E-state index contributed by atoms with van der Waals surface area (Å²) in [5.74, 6) is -0.315. The Kier molecular flexibility index (Phi) is 2.54. The lowest BCUT2D eigenvalue weighted by Crippen LogP contribution is -1.83. The molecule has 0 aromatic carbocycles. The lowest BCUT2D eigenvalue weighted by Gasteiger charge is -1.95. The number of nitrogens with zero attached hydrogens (tertiary/aromatic N) is 2. The molecule has 0 atom stereocenters. The van der Waals surface area contributed by atoms with Crippen LogP contribution in [0.4, 0.5) is 4.39 Å². The molecular formula is C10H9FN2S. The van der Waals surface area contributed by atoms with Crippen LogP contribution in [-0.2, 0) is 6.42 Å².